The lowest BCUT2D eigenvalue weighted by Gasteiger charge is -2.29. The van der Waals surface area contributed by atoms with Crippen LogP contribution in [0.4, 0.5) is 5.69 Å². The van der Waals surface area contributed by atoms with Gasteiger partial charge in [0.25, 0.3) is 21.8 Å². The minimum Gasteiger partial charge on any atom is -0.329 e. The van der Waals surface area contributed by atoms with Crippen LogP contribution in [0.2, 0.25) is 0 Å². The predicted octanol–water partition coefficient (Wildman–Crippen LogP) is 2.18. The summed E-state index contributed by atoms with van der Waals surface area (Å²) in [5.74, 6) is -1.66. The van der Waals surface area contributed by atoms with Gasteiger partial charge in [0.2, 0.25) is 5.91 Å². The Labute approximate surface area is 173 Å². The minimum atomic E-state index is -3.87. The summed E-state index contributed by atoms with van der Waals surface area (Å²) in [5.41, 5.74) is 1.47. The molecule has 2 aliphatic rings. The third-order valence-corrected chi connectivity index (χ3v) is 6.73. The third kappa shape index (κ3) is 3.26. The van der Waals surface area contributed by atoms with Gasteiger partial charge in [-0.1, -0.05) is 24.8 Å². The highest BCUT2D eigenvalue weighted by Crippen LogP contribution is 2.31. The quantitative estimate of drug-likeness (QED) is 0.729. The molecular formula is C21H19N3O5S. The van der Waals surface area contributed by atoms with Gasteiger partial charge < -0.3 is 5.32 Å². The summed E-state index contributed by atoms with van der Waals surface area (Å²) in [5, 5.41) is 2.57. The molecule has 2 heterocycles. The molecule has 2 aliphatic heterocycles. The topological polar surface area (TPSA) is 113 Å². The summed E-state index contributed by atoms with van der Waals surface area (Å²) in [6.45, 7) is 5.38. The number of aryl methyl sites for hydroxylation is 1. The van der Waals surface area contributed by atoms with E-state index in [1.165, 1.54) is 24.3 Å². The Morgan fingerprint density at radius 1 is 1.07 bits per heavy atom. The van der Waals surface area contributed by atoms with Crippen molar-refractivity contribution >= 4 is 33.4 Å². The number of amides is 3. The first kappa shape index (κ1) is 19.8. The van der Waals surface area contributed by atoms with Gasteiger partial charge in [0.05, 0.1) is 16.0 Å². The summed E-state index contributed by atoms with van der Waals surface area (Å²) >= 11 is 0. The van der Waals surface area contributed by atoms with Crippen LogP contribution in [0.5, 0.6) is 0 Å². The molecule has 154 valence electrons. The fourth-order valence-corrected chi connectivity index (χ4v) is 4.98. The lowest BCUT2D eigenvalue weighted by molar-refractivity contribution is -0.125. The van der Waals surface area contributed by atoms with Gasteiger partial charge in [-0.15, -0.1) is 0 Å². The molecule has 1 saturated heterocycles. The zero-order valence-electron chi connectivity index (χ0n) is 16.1. The summed E-state index contributed by atoms with van der Waals surface area (Å²) in [4.78, 5) is 39.0. The van der Waals surface area contributed by atoms with Crippen molar-refractivity contribution in [3.8, 4) is 0 Å². The number of carbonyl (C=O) groups excluding carboxylic acids is 3. The van der Waals surface area contributed by atoms with Crippen LogP contribution in [0.25, 0.3) is 0 Å². The molecule has 0 saturated carbocycles. The monoisotopic (exact) mass is 425 g/mol. The molecule has 0 radical (unpaired) electrons. The van der Waals surface area contributed by atoms with E-state index in [2.05, 4.69) is 16.6 Å². The van der Waals surface area contributed by atoms with E-state index in [1.54, 1.807) is 25.1 Å². The van der Waals surface area contributed by atoms with Crippen LogP contribution < -0.4 is 10.0 Å². The van der Waals surface area contributed by atoms with Crippen LogP contribution in [0.3, 0.4) is 0 Å². The molecule has 0 aromatic heterocycles. The molecule has 0 aliphatic carbocycles. The SMILES string of the molecule is C=C1CCC(N2C(=O)c3ccc(NS(=O)(=O)c4ccccc4C)cc3C2=O)C(=O)N1. The van der Waals surface area contributed by atoms with Crippen molar-refractivity contribution in [1.82, 2.24) is 10.2 Å². The highest BCUT2D eigenvalue weighted by Gasteiger charge is 2.44. The highest BCUT2D eigenvalue weighted by molar-refractivity contribution is 7.92. The minimum absolute atomic E-state index is 0.0576. The van der Waals surface area contributed by atoms with Crippen molar-refractivity contribution in [2.24, 2.45) is 0 Å². The maximum atomic E-state index is 12.9. The van der Waals surface area contributed by atoms with Gasteiger partial charge in [-0.25, -0.2) is 8.42 Å². The summed E-state index contributed by atoms with van der Waals surface area (Å²) < 4.78 is 27.9. The van der Waals surface area contributed by atoms with E-state index >= 15 is 0 Å². The fraction of sp³-hybridized carbons (Fsp3) is 0.190. The van der Waals surface area contributed by atoms with Crippen LogP contribution in [0.1, 0.15) is 39.1 Å². The molecule has 1 fully saturated rings. The van der Waals surface area contributed by atoms with Gasteiger partial charge in [0.1, 0.15) is 6.04 Å². The number of anilines is 1. The molecule has 9 heteroatoms. The van der Waals surface area contributed by atoms with Crippen molar-refractivity contribution in [1.29, 1.82) is 0 Å². The van der Waals surface area contributed by atoms with Crippen LogP contribution in [-0.4, -0.2) is 37.1 Å². The number of carbonyl (C=O) groups is 3. The maximum absolute atomic E-state index is 12.9. The highest BCUT2D eigenvalue weighted by atomic mass is 32.2. The van der Waals surface area contributed by atoms with Gasteiger partial charge in [-0.2, -0.15) is 0 Å². The lowest BCUT2D eigenvalue weighted by atomic mass is 10.0. The number of piperidine rings is 1. The van der Waals surface area contributed by atoms with Crippen molar-refractivity contribution in [2.75, 3.05) is 4.72 Å². The number of hydrogen-bond donors (Lipinski definition) is 2. The largest absolute Gasteiger partial charge is 0.329 e. The molecule has 2 aromatic rings. The van der Waals surface area contributed by atoms with E-state index in [0.29, 0.717) is 24.1 Å². The van der Waals surface area contributed by atoms with E-state index in [0.717, 1.165) is 4.90 Å². The number of rotatable bonds is 4. The Kier molecular flexibility index (Phi) is 4.70. The smallest absolute Gasteiger partial charge is 0.262 e. The van der Waals surface area contributed by atoms with E-state index in [1.807, 2.05) is 0 Å². The van der Waals surface area contributed by atoms with Crippen LogP contribution in [0.15, 0.2) is 59.6 Å². The molecule has 8 nitrogen and oxygen atoms in total. The standard InChI is InChI=1S/C21H19N3O5S/c1-12-5-3-4-6-18(12)30(28,29)23-14-8-9-15-16(11-14)21(27)24(20(15)26)17-10-7-13(2)22-19(17)25/h3-6,8-9,11,17,23H,2,7,10H2,1H3,(H,22,25). The second-order valence-electron chi connectivity index (χ2n) is 7.26. The summed E-state index contributed by atoms with van der Waals surface area (Å²) in [6.07, 6.45) is 0.758. The van der Waals surface area contributed by atoms with Crippen molar-refractivity contribution in [3.05, 3.63) is 71.4 Å². The van der Waals surface area contributed by atoms with Gasteiger partial charge in [0.15, 0.2) is 0 Å². The number of imide groups is 1. The average molecular weight is 425 g/mol. The molecule has 2 aromatic carbocycles. The second kappa shape index (κ2) is 7.10. The molecule has 1 atom stereocenters. The molecule has 2 N–H and O–H groups in total. The first-order chi connectivity index (χ1) is 14.2. The Hall–Kier alpha value is -3.46. The van der Waals surface area contributed by atoms with E-state index in [-0.39, 0.29) is 21.7 Å². The van der Waals surface area contributed by atoms with E-state index in [4.69, 9.17) is 0 Å². The van der Waals surface area contributed by atoms with Crippen molar-refractivity contribution in [3.63, 3.8) is 0 Å². The Bertz CT molecular complexity index is 1220. The molecule has 0 bridgehead atoms. The molecular weight excluding hydrogens is 406 g/mol. The Morgan fingerprint density at radius 2 is 1.77 bits per heavy atom. The van der Waals surface area contributed by atoms with Gasteiger partial charge in [-0.05, 0) is 49.6 Å². The molecule has 3 amide bonds. The number of nitrogens with zero attached hydrogens (tertiary/aromatic N) is 1. The van der Waals surface area contributed by atoms with Gasteiger partial charge in [0, 0.05) is 11.4 Å². The first-order valence-corrected chi connectivity index (χ1v) is 10.8. The van der Waals surface area contributed by atoms with Crippen LogP contribution >= 0.6 is 0 Å². The molecule has 4 rings (SSSR count). The van der Waals surface area contributed by atoms with Crippen molar-refractivity contribution in [2.45, 2.75) is 30.7 Å². The number of benzene rings is 2. The third-order valence-electron chi connectivity index (χ3n) is 5.19. The zero-order valence-corrected chi connectivity index (χ0v) is 17.0. The number of nitrogens with one attached hydrogen (secondary N) is 2. The van der Waals surface area contributed by atoms with Crippen LogP contribution in [-0.2, 0) is 14.8 Å². The number of allylic oxidation sites excluding steroid dienone is 1. The normalized spacial score (nSPS) is 19.0. The van der Waals surface area contributed by atoms with E-state index in [9.17, 15) is 22.8 Å². The van der Waals surface area contributed by atoms with Crippen molar-refractivity contribution < 1.29 is 22.8 Å². The maximum Gasteiger partial charge on any atom is 0.262 e. The fourth-order valence-electron chi connectivity index (χ4n) is 3.68. The Balaban J connectivity index is 1.63. The molecule has 0 spiro atoms. The number of hydrogen-bond acceptors (Lipinski definition) is 5. The average Bonchev–Trinajstić information content (AvgIpc) is 2.92. The number of fused-ring (bicyclic) bond motifs is 1. The zero-order chi connectivity index (χ0) is 21.6. The second-order valence-corrected chi connectivity index (χ2v) is 8.91. The summed E-state index contributed by atoms with van der Waals surface area (Å²) in [6, 6.07) is 9.74. The van der Waals surface area contributed by atoms with Gasteiger partial charge >= 0.3 is 0 Å². The first-order valence-electron chi connectivity index (χ1n) is 9.28. The Morgan fingerprint density at radius 3 is 2.47 bits per heavy atom. The lowest BCUT2D eigenvalue weighted by Crippen LogP contribution is -2.51. The molecule has 1 unspecified atom stereocenters. The van der Waals surface area contributed by atoms with Gasteiger partial charge in [-0.3, -0.25) is 24.0 Å². The van der Waals surface area contributed by atoms with E-state index < -0.39 is 33.8 Å². The van der Waals surface area contributed by atoms with Crippen LogP contribution in [0, 0.1) is 6.92 Å². The predicted molar refractivity (Wildman–Crippen MR) is 109 cm³/mol. The molecule has 30 heavy (non-hydrogen) atoms. The summed E-state index contributed by atoms with van der Waals surface area (Å²) in [7, 11) is -3.87. The number of sulfonamides is 1.